The Bertz CT molecular complexity index is 2930. The number of carbonyl (C=O) groups excluding carboxylic acids is 3. The molecule has 0 aromatic heterocycles. The van der Waals surface area contributed by atoms with Gasteiger partial charge in [-0.25, -0.2) is 0 Å². The van der Waals surface area contributed by atoms with Crippen LogP contribution in [0.15, 0.2) is 131 Å². The summed E-state index contributed by atoms with van der Waals surface area (Å²) in [5.74, 6) is 1.43. The number of likely N-dealkylation sites (N-methyl/N-ethyl adjacent to an activating group) is 2. The number of likely N-dealkylation sites (tertiary alicyclic amines) is 2. The summed E-state index contributed by atoms with van der Waals surface area (Å²) in [7, 11) is 3.63. The van der Waals surface area contributed by atoms with E-state index in [4.69, 9.17) is 44.7 Å². The van der Waals surface area contributed by atoms with E-state index in [0.29, 0.717) is 36.0 Å². The minimum absolute atomic E-state index is 0.00885. The van der Waals surface area contributed by atoms with Crippen LogP contribution in [-0.2, 0) is 27.2 Å². The van der Waals surface area contributed by atoms with Crippen LogP contribution in [-0.4, -0.2) is 110 Å². The van der Waals surface area contributed by atoms with E-state index in [0.717, 1.165) is 89.5 Å². The summed E-state index contributed by atoms with van der Waals surface area (Å²) < 4.78 is 0. The summed E-state index contributed by atoms with van der Waals surface area (Å²) >= 11 is 12.8. The van der Waals surface area contributed by atoms with E-state index in [1.807, 2.05) is 61.6 Å². The molecule has 10 rings (SSSR count). The summed E-state index contributed by atoms with van der Waals surface area (Å²) in [4.78, 5) is 56.9. The molecule has 350 valence electrons. The molecule has 2 atom stereocenters. The zero-order valence-electron chi connectivity index (χ0n) is 38.5. The van der Waals surface area contributed by atoms with Crippen molar-refractivity contribution in [2.75, 3.05) is 56.6 Å². The Balaban J connectivity index is 0.000000171. The third-order valence-corrected chi connectivity index (χ3v) is 14.0. The number of halogens is 2. The predicted molar refractivity (Wildman–Crippen MR) is 276 cm³/mol. The van der Waals surface area contributed by atoms with E-state index in [1.54, 1.807) is 22.9 Å². The molecule has 4 heterocycles. The molecular formula is C54H57Cl2N9O3. The maximum Gasteiger partial charge on any atom is 0.251 e. The lowest BCUT2D eigenvalue weighted by atomic mass is 10.0. The van der Waals surface area contributed by atoms with Gasteiger partial charge in [-0.2, -0.15) is 0 Å². The molecule has 2 saturated heterocycles. The highest BCUT2D eigenvalue weighted by Gasteiger charge is 2.35. The molecule has 4 aliphatic rings. The zero-order valence-corrected chi connectivity index (χ0v) is 40.0. The van der Waals surface area contributed by atoms with Crippen molar-refractivity contribution in [2.24, 2.45) is 21.5 Å². The Morgan fingerprint density at radius 2 is 1.03 bits per heavy atom. The van der Waals surface area contributed by atoms with Crippen LogP contribution < -0.4 is 26.6 Å². The number of amides is 3. The summed E-state index contributed by atoms with van der Waals surface area (Å²) in [6, 6.07) is 39.6. The average Bonchev–Trinajstić information content (AvgIpc) is 3.52. The highest BCUT2D eigenvalue weighted by molar-refractivity contribution is 6.32. The monoisotopic (exact) mass is 949 g/mol. The number of rotatable bonds is 6. The molecule has 2 unspecified atom stereocenters. The van der Waals surface area contributed by atoms with Crippen molar-refractivity contribution in [2.45, 2.75) is 62.7 Å². The highest BCUT2D eigenvalue weighted by atomic mass is 35.5. The Kier molecular flexibility index (Phi) is 14.1. The summed E-state index contributed by atoms with van der Waals surface area (Å²) in [5.41, 5.74) is 17.2. The standard InChI is InChI=1S/C28H30ClN5O2.C26H27ClN4O/c1-33-25-9-8-21(29)16-23(25)27(34-12-10-22(11-13-34)31-26(35)17-30)32-24(28(33)36)15-18-6-7-19-4-2-3-5-20(19)14-18;1-30-24-9-8-20(27)16-22(24)25(31-12-10-21(28)11-13-31)29-23(26(30)32)15-17-6-7-18-4-2-3-5-19(18)14-17/h2-9,14,16,22,24H,10-13,15,17,30H2,1H3,(H,31,35);2-9,14,16,21,23H,10-13,15,28H2,1H3. The fourth-order valence-corrected chi connectivity index (χ4v) is 10.1. The van der Waals surface area contributed by atoms with Crippen LogP contribution in [0, 0.1) is 0 Å². The Labute approximate surface area is 407 Å². The van der Waals surface area contributed by atoms with E-state index in [2.05, 4.69) is 75.8 Å². The Hall–Kier alpha value is -6.31. The number of benzene rings is 6. The average molecular weight is 951 g/mol. The number of benzodiazepines with no additional fused rings is 2. The van der Waals surface area contributed by atoms with Gasteiger partial charge < -0.3 is 36.4 Å². The summed E-state index contributed by atoms with van der Waals surface area (Å²) in [5, 5.41) is 8.90. The first-order chi connectivity index (χ1) is 32.9. The number of piperidine rings is 2. The van der Waals surface area contributed by atoms with Gasteiger partial charge in [0.1, 0.15) is 23.8 Å². The Morgan fingerprint density at radius 1 is 0.603 bits per heavy atom. The minimum Gasteiger partial charge on any atom is -0.356 e. The number of carbonyl (C=O) groups is 3. The number of nitrogens with zero attached hydrogens (tertiary/aromatic N) is 6. The lowest BCUT2D eigenvalue weighted by Gasteiger charge is -2.35. The number of hydrogen-bond acceptors (Lipinski definition) is 9. The molecule has 0 saturated carbocycles. The first-order valence-corrected chi connectivity index (χ1v) is 24.2. The quantitative estimate of drug-likeness (QED) is 0.155. The van der Waals surface area contributed by atoms with Gasteiger partial charge in [0.25, 0.3) is 11.8 Å². The second-order valence-electron chi connectivity index (χ2n) is 18.2. The fraction of sp³-hybridized carbons (Fsp3) is 0.315. The maximum absolute atomic E-state index is 13.6. The van der Waals surface area contributed by atoms with Crippen molar-refractivity contribution in [3.8, 4) is 0 Å². The van der Waals surface area contributed by atoms with Gasteiger partial charge in [-0.1, -0.05) is 108 Å². The number of hydrogen-bond donors (Lipinski definition) is 3. The van der Waals surface area contributed by atoms with Crippen LogP contribution in [0.5, 0.6) is 0 Å². The number of nitrogens with two attached hydrogens (primary N) is 2. The van der Waals surface area contributed by atoms with Gasteiger partial charge in [-0.15, -0.1) is 0 Å². The van der Waals surface area contributed by atoms with Crippen molar-refractivity contribution in [3.63, 3.8) is 0 Å². The molecule has 4 aliphatic heterocycles. The topological polar surface area (TPSA) is 153 Å². The van der Waals surface area contributed by atoms with Crippen LogP contribution in [0.4, 0.5) is 11.4 Å². The third kappa shape index (κ3) is 10.2. The van der Waals surface area contributed by atoms with Gasteiger partial charge in [-0.05, 0) is 94.8 Å². The molecule has 0 aliphatic carbocycles. The van der Waals surface area contributed by atoms with Crippen molar-refractivity contribution < 1.29 is 14.4 Å². The van der Waals surface area contributed by atoms with Crippen LogP contribution >= 0.6 is 23.2 Å². The lowest BCUT2D eigenvalue weighted by molar-refractivity contribution is -0.121. The van der Waals surface area contributed by atoms with E-state index in [1.165, 1.54) is 16.2 Å². The van der Waals surface area contributed by atoms with Crippen molar-refractivity contribution in [1.82, 2.24) is 15.1 Å². The third-order valence-electron chi connectivity index (χ3n) is 13.6. The fourth-order valence-electron chi connectivity index (χ4n) is 9.77. The highest BCUT2D eigenvalue weighted by Crippen LogP contribution is 2.33. The van der Waals surface area contributed by atoms with E-state index in [-0.39, 0.29) is 36.3 Å². The second-order valence-corrected chi connectivity index (χ2v) is 19.1. The van der Waals surface area contributed by atoms with Crippen LogP contribution in [0.3, 0.4) is 0 Å². The van der Waals surface area contributed by atoms with Crippen LogP contribution in [0.1, 0.15) is 47.9 Å². The number of anilines is 2. The molecule has 2 fully saturated rings. The van der Waals surface area contributed by atoms with Gasteiger partial charge in [0, 0.05) is 86.4 Å². The summed E-state index contributed by atoms with van der Waals surface area (Å²) in [6.07, 6.45) is 4.43. The van der Waals surface area contributed by atoms with Crippen molar-refractivity contribution in [1.29, 1.82) is 0 Å². The molecular weight excluding hydrogens is 894 g/mol. The molecule has 6 aromatic rings. The van der Waals surface area contributed by atoms with Gasteiger partial charge >= 0.3 is 0 Å². The SMILES string of the molecule is CN1C(=O)C(Cc2ccc3ccccc3c2)N=C(N2CCC(N)CC2)c2cc(Cl)ccc21.CN1C(=O)C(Cc2ccc3ccccc3c2)N=C(N2CCC(NC(=O)CN)CC2)c2cc(Cl)ccc21. The van der Waals surface area contributed by atoms with Gasteiger partial charge in [0.2, 0.25) is 5.91 Å². The molecule has 0 bridgehead atoms. The summed E-state index contributed by atoms with van der Waals surface area (Å²) in [6.45, 7) is 3.06. The smallest absolute Gasteiger partial charge is 0.251 e. The minimum atomic E-state index is -0.563. The predicted octanol–water partition coefficient (Wildman–Crippen LogP) is 7.62. The van der Waals surface area contributed by atoms with E-state index < -0.39 is 12.1 Å². The molecule has 3 amide bonds. The normalized spacial score (nSPS) is 19.1. The van der Waals surface area contributed by atoms with E-state index >= 15 is 0 Å². The number of nitrogens with one attached hydrogen (secondary N) is 1. The second kappa shape index (κ2) is 20.5. The first kappa shape index (κ1) is 46.8. The molecule has 6 aromatic carbocycles. The van der Waals surface area contributed by atoms with Crippen molar-refractivity contribution >= 4 is 85.5 Å². The lowest BCUT2D eigenvalue weighted by Crippen LogP contribution is -2.48. The molecule has 12 nitrogen and oxygen atoms in total. The van der Waals surface area contributed by atoms with Crippen LogP contribution in [0.2, 0.25) is 10.0 Å². The number of aliphatic imine (C=N–C) groups is 2. The van der Waals surface area contributed by atoms with Gasteiger partial charge in [-0.3, -0.25) is 24.4 Å². The molecule has 5 N–H and O–H groups in total. The largest absolute Gasteiger partial charge is 0.356 e. The zero-order chi connectivity index (χ0) is 47.5. The Morgan fingerprint density at radius 3 is 1.47 bits per heavy atom. The maximum atomic E-state index is 13.6. The number of fused-ring (bicyclic) bond motifs is 4. The molecule has 0 radical (unpaired) electrons. The molecule has 0 spiro atoms. The van der Waals surface area contributed by atoms with Gasteiger partial charge in [0.15, 0.2) is 0 Å². The van der Waals surface area contributed by atoms with Crippen LogP contribution in [0.25, 0.3) is 21.5 Å². The van der Waals surface area contributed by atoms with Gasteiger partial charge in [0.05, 0.1) is 17.9 Å². The molecule has 68 heavy (non-hydrogen) atoms. The number of amidine groups is 2. The molecule has 14 heteroatoms. The van der Waals surface area contributed by atoms with E-state index in [9.17, 15) is 14.4 Å². The first-order valence-electron chi connectivity index (χ1n) is 23.4. The van der Waals surface area contributed by atoms with Crippen molar-refractivity contribution in [3.05, 3.63) is 154 Å².